The van der Waals surface area contributed by atoms with Crippen LogP contribution >= 0.6 is 0 Å². The van der Waals surface area contributed by atoms with Gasteiger partial charge in [-0.05, 0) is 82.0 Å². The van der Waals surface area contributed by atoms with Gasteiger partial charge >= 0.3 is 0 Å². The highest BCUT2D eigenvalue weighted by atomic mass is 15.3. The van der Waals surface area contributed by atoms with E-state index in [2.05, 4.69) is 263 Å². The smallest absolute Gasteiger partial charge is 0.146 e. The Labute approximate surface area is 379 Å². The first kappa shape index (κ1) is 38.3. The van der Waals surface area contributed by atoms with Crippen LogP contribution in [0.4, 0.5) is 17.1 Å². The molecule has 8 aromatic carbocycles. The summed E-state index contributed by atoms with van der Waals surface area (Å²) in [7, 11) is 2.18. The standard InChI is InChI=1S/C60H45N5/c1-63-38-37-45(41-19-5-2-6-20-41)39-57(63)65-55-31-17-14-28-50(55)58-49-27-13-16-30-54(49)64(56-32-18-15-29-51(56)59(58)65)46-35-33-42(34-36-46)47-25-11-12-26-48(47)60-61-52(43-21-7-3-8-22-43)40-53(62-60)44-23-9-4-10-24-44/h2-40,57,60-61H,1H3. The first-order valence-corrected chi connectivity index (χ1v) is 22.3. The zero-order chi connectivity index (χ0) is 43.3. The highest BCUT2D eigenvalue weighted by Crippen LogP contribution is 2.55. The highest BCUT2D eigenvalue weighted by molar-refractivity contribution is 6.14. The Hall–Kier alpha value is -8.41. The van der Waals surface area contributed by atoms with Crippen molar-refractivity contribution in [2.24, 2.45) is 4.99 Å². The molecule has 310 valence electrons. The second-order valence-corrected chi connectivity index (χ2v) is 16.8. The molecule has 5 heteroatoms. The molecule has 0 saturated heterocycles. The molecule has 0 amide bonds. The fourth-order valence-electron chi connectivity index (χ4n) is 9.95. The molecule has 0 saturated carbocycles. The van der Waals surface area contributed by atoms with Gasteiger partial charge in [0.1, 0.15) is 12.3 Å². The summed E-state index contributed by atoms with van der Waals surface area (Å²) in [5, 5.41) is 5.03. The van der Waals surface area contributed by atoms with Crippen LogP contribution in [-0.4, -0.2) is 22.2 Å². The predicted octanol–water partition coefficient (Wildman–Crippen LogP) is 14.6. The van der Waals surface area contributed by atoms with Crippen LogP contribution in [0.5, 0.6) is 0 Å². The number of rotatable bonds is 7. The molecule has 0 radical (unpaired) electrons. The third-order valence-corrected chi connectivity index (χ3v) is 13.0. The van der Waals surface area contributed by atoms with Crippen LogP contribution in [-0.2, 0) is 0 Å². The van der Waals surface area contributed by atoms with Gasteiger partial charge in [0.25, 0.3) is 0 Å². The average Bonchev–Trinajstić information content (AvgIpc) is 3.66. The third-order valence-electron chi connectivity index (χ3n) is 13.0. The number of allylic oxidation sites excluding steroid dienone is 3. The lowest BCUT2D eigenvalue weighted by Crippen LogP contribution is -2.26. The van der Waals surface area contributed by atoms with Crippen molar-refractivity contribution in [3.63, 3.8) is 0 Å². The normalized spacial score (nSPS) is 16.4. The van der Waals surface area contributed by atoms with Gasteiger partial charge in [0.2, 0.25) is 0 Å². The Kier molecular flexibility index (Phi) is 9.45. The number of anilines is 3. The number of hydrogen-bond donors (Lipinski definition) is 1. The molecule has 5 nitrogen and oxygen atoms in total. The number of likely N-dealkylation sites (N-methyl/N-ethyl adjacent to an activating group) is 1. The van der Waals surface area contributed by atoms with E-state index in [1.165, 1.54) is 44.4 Å². The third kappa shape index (κ3) is 6.68. The summed E-state index contributed by atoms with van der Waals surface area (Å²) in [4.78, 5) is 10.1. The molecule has 2 unspecified atom stereocenters. The van der Waals surface area contributed by atoms with Gasteiger partial charge in [0, 0.05) is 52.3 Å². The minimum atomic E-state index is -0.290. The number of benzene rings is 8. The maximum atomic E-state index is 5.35. The average molecular weight is 836 g/mol. The largest absolute Gasteiger partial charge is 0.359 e. The highest BCUT2D eigenvalue weighted by Gasteiger charge is 2.33. The Morgan fingerprint density at radius 3 is 1.83 bits per heavy atom. The van der Waals surface area contributed by atoms with E-state index in [1.807, 2.05) is 0 Å². The lowest BCUT2D eigenvalue weighted by molar-refractivity contribution is 0.310. The van der Waals surface area contributed by atoms with Crippen molar-refractivity contribution in [1.82, 2.24) is 14.8 Å². The van der Waals surface area contributed by atoms with E-state index in [-0.39, 0.29) is 12.3 Å². The zero-order valence-electron chi connectivity index (χ0n) is 36.0. The molecule has 3 aliphatic heterocycles. The molecule has 0 spiro atoms. The monoisotopic (exact) mass is 835 g/mol. The van der Waals surface area contributed by atoms with Crippen molar-refractivity contribution in [2.45, 2.75) is 12.3 Å². The van der Waals surface area contributed by atoms with Gasteiger partial charge in [-0.3, -0.25) is 4.99 Å². The van der Waals surface area contributed by atoms with Crippen LogP contribution in [0.25, 0.3) is 55.7 Å². The van der Waals surface area contributed by atoms with Gasteiger partial charge in [-0.2, -0.15) is 0 Å². The molecule has 1 N–H and O–H groups in total. The lowest BCUT2D eigenvalue weighted by Gasteiger charge is -2.32. The number of para-hydroxylation sites is 3. The van der Waals surface area contributed by atoms with Crippen molar-refractivity contribution in [2.75, 3.05) is 11.9 Å². The van der Waals surface area contributed by atoms with Crippen LogP contribution in [0.2, 0.25) is 0 Å². The fourth-order valence-corrected chi connectivity index (χ4v) is 9.95. The van der Waals surface area contributed by atoms with Crippen LogP contribution in [0.15, 0.2) is 242 Å². The summed E-state index contributed by atoms with van der Waals surface area (Å²) in [6.45, 7) is 0. The summed E-state index contributed by atoms with van der Waals surface area (Å²) in [5.41, 5.74) is 19.4. The summed E-state index contributed by atoms with van der Waals surface area (Å²) in [6.07, 6.45) is 8.66. The Bertz CT molecular complexity index is 3360. The number of fused-ring (bicyclic) bond motifs is 7. The van der Waals surface area contributed by atoms with Crippen molar-refractivity contribution < 1.29 is 0 Å². The molecule has 12 rings (SSSR count). The van der Waals surface area contributed by atoms with Crippen LogP contribution in [0.3, 0.4) is 0 Å². The van der Waals surface area contributed by atoms with E-state index in [0.717, 1.165) is 56.3 Å². The van der Waals surface area contributed by atoms with E-state index >= 15 is 0 Å². The van der Waals surface area contributed by atoms with Crippen molar-refractivity contribution in [1.29, 1.82) is 0 Å². The van der Waals surface area contributed by atoms with Gasteiger partial charge in [0.05, 0.1) is 28.3 Å². The fraction of sp³-hybridized carbons (Fsp3) is 0.0500. The maximum Gasteiger partial charge on any atom is 0.146 e. The number of aromatic nitrogens is 1. The summed E-state index contributed by atoms with van der Waals surface area (Å²) >= 11 is 0. The van der Waals surface area contributed by atoms with E-state index in [4.69, 9.17) is 4.99 Å². The van der Waals surface area contributed by atoms with Gasteiger partial charge in [-0.25, -0.2) is 0 Å². The summed E-state index contributed by atoms with van der Waals surface area (Å²) in [5.74, 6) is 0. The van der Waals surface area contributed by atoms with Crippen LogP contribution < -0.4 is 10.2 Å². The Balaban J connectivity index is 0.978. The van der Waals surface area contributed by atoms with Crippen molar-refractivity contribution >= 4 is 44.9 Å². The van der Waals surface area contributed by atoms with E-state index in [9.17, 15) is 0 Å². The molecule has 0 fully saturated rings. The molecule has 9 aromatic rings. The van der Waals surface area contributed by atoms with Crippen molar-refractivity contribution in [3.05, 3.63) is 259 Å². The topological polar surface area (TPSA) is 35.8 Å². The zero-order valence-corrected chi connectivity index (χ0v) is 36.0. The van der Waals surface area contributed by atoms with Crippen LogP contribution in [0.1, 0.15) is 34.6 Å². The second-order valence-electron chi connectivity index (χ2n) is 16.8. The molecule has 2 atom stereocenters. The van der Waals surface area contributed by atoms with Gasteiger partial charge < -0.3 is 19.7 Å². The minimum Gasteiger partial charge on any atom is -0.359 e. The molecule has 4 heterocycles. The van der Waals surface area contributed by atoms with Crippen molar-refractivity contribution in [3.8, 4) is 33.5 Å². The number of aliphatic imine (C=N–C) groups is 1. The van der Waals surface area contributed by atoms with Crippen LogP contribution in [0, 0.1) is 0 Å². The predicted molar refractivity (Wildman–Crippen MR) is 270 cm³/mol. The molecule has 3 aliphatic rings. The quantitative estimate of drug-likeness (QED) is 0.174. The van der Waals surface area contributed by atoms with Gasteiger partial charge in [-0.15, -0.1) is 0 Å². The first-order valence-electron chi connectivity index (χ1n) is 22.3. The van der Waals surface area contributed by atoms with E-state index in [0.29, 0.717) is 0 Å². The minimum absolute atomic E-state index is 0.0685. The molecular weight excluding hydrogens is 791 g/mol. The molecule has 0 bridgehead atoms. The SMILES string of the molecule is CN1C=CC(c2ccccc2)=CC1n1c2c(c3ccccc31)-c1ccccc1N(c1ccc(-c3ccccc3C3N=C(c4ccccc4)C=C(c4ccccc4)N3)cc1)c1ccccc1-2. The Morgan fingerprint density at radius 2 is 1.09 bits per heavy atom. The van der Waals surface area contributed by atoms with E-state index < -0.39 is 0 Å². The lowest BCUT2D eigenvalue weighted by atomic mass is 9.95. The van der Waals surface area contributed by atoms with Gasteiger partial charge in [-0.1, -0.05) is 182 Å². The number of hydrogen-bond acceptors (Lipinski definition) is 4. The summed E-state index contributed by atoms with van der Waals surface area (Å²) < 4.78 is 2.56. The first-order chi connectivity index (χ1) is 32.2. The molecular formula is C60H45N5. The Morgan fingerprint density at radius 1 is 0.508 bits per heavy atom. The second kappa shape index (κ2) is 16.1. The maximum absolute atomic E-state index is 5.35. The van der Waals surface area contributed by atoms with Gasteiger partial charge in [0.15, 0.2) is 0 Å². The van der Waals surface area contributed by atoms with E-state index in [1.54, 1.807) is 0 Å². The number of nitrogens with one attached hydrogen (secondary N) is 1. The molecule has 65 heavy (non-hydrogen) atoms. The summed E-state index contributed by atoms with van der Waals surface area (Å²) in [6, 6.07) is 76.2. The molecule has 1 aromatic heterocycles. The molecule has 0 aliphatic carbocycles. The number of nitrogens with zero attached hydrogens (tertiary/aromatic N) is 4.